The van der Waals surface area contributed by atoms with Crippen molar-refractivity contribution in [2.75, 3.05) is 0 Å². The number of benzene rings is 10. The Balaban J connectivity index is 1.03. The van der Waals surface area contributed by atoms with Gasteiger partial charge in [0.2, 0.25) is 0 Å². The number of rotatable bonds is 5. The minimum absolute atomic E-state index is 0.544. The van der Waals surface area contributed by atoms with Gasteiger partial charge in [0, 0.05) is 47.5 Å². The van der Waals surface area contributed by atoms with Crippen LogP contribution in [0.25, 0.3) is 136 Å². The van der Waals surface area contributed by atoms with E-state index in [0.29, 0.717) is 17.5 Å². The summed E-state index contributed by atoms with van der Waals surface area (Å²) in [6, 6.07) is 73.3. The second-order valence-electron chi connectivity index (χ2n) is 16.7. The van der Waals surface area contributed by atoms with Gasteiger partial charge in [-0.15, -0.1) is 11.3 Å². The Kier molecular flexibility index (Phi) is 7.79. The monoisotopic (exact) mass is 846 g/mol. The van der Waals surface area contributed by atoms with Crippen LogP contribution in [0.2, 0.25) is 0 Å². The van der Waals surface area contributed by atoms with Crippen LogP contribution in [-0.2, 0) is 0 Å². The third-order valence-corrected chi connectivity index (χ3v) is 14.2. The zero-order valence-electron chi connectivity index (χ0n) is 34.7. The number of nitrogens with zero attached hydrogens (tertiary/aromatic N) is 4. The maximum atomic E-state index is 6.98. The topological polar surface area (TPSA) is 56.7 Å². The van der Waals surface area contributed by atoms with Gasteiger partial charge in [0.1, 0.15) is 11.2 Å². The van der Waals surface area contributed by atoms with E-state index in [1.165, 1.54) is 52.5 Å². The molecule has 0 fully saturated rings. The molecule has 4 heterocycles. The first-order valence-electron chi connectivity index (χ1n) is 21.8. The maximum absolute atomic E-state index is 6.98. The predicted molar refractivity (Wildman–Crippen MR) is 271 cm³/mol. The molecule has 0 saturated carbocycles. The first-order chi connectivity index (χ1) is 32.2. The molecule has 0 N–H and O–H groups in total. The highest BCUT2D eigenvalue weighted by Gasteiger charge is 2.24. The highest BCUT2D eigenvalue weighted by molar-refractivity contribution is 7.25. The number of para-hydroxylation sites is 1. The molecule has 6 heteroatoms. The zero-order valence-corrected chi connectivity index (χ0v) is 35.6. The van der Waals surface area contributed by atoms with Gasteiger partial charge in [-0.1, -0.05) is 146 Å². The molecule has 4 aromatic heterocycles. The molecule has 14 aromatic rings. The van der Waals surface area contributed by atoms with E-state index in [9.17, 15) is 0 Å². The fourth-order valence-corrected chi connectivity index (χ4v) is 11.1. The highest BCUT2D eigenvalue weighted by atomic mass is 32.1. The summed E-state index contributed by atoms with van der Waals surface area (Å²) in [7, 11) is 0. The second-order valence-corrected chi connectivity index (χ2v) is 17.8. The fraction of sp³-hybridized carbons (Fsp3) is 0. The molecule has 0 atom stereocenters. The maximum Gasteiger partial charge on any atom is 0.167 e. The molecule has 10 aromatic carbocycles. The van der Waals surface area contributed by atoms with Crippen LogP contribution in [0.1, 0.15) is 0 Å². The lowest BCUT2D eigenvalue weighted by Crippen LogP contribution is -2.01. The van der Waals surface area contributed by atoms with Crippen molar-refractivity contribution in [3.63, 3.8) is 0 Å². The molecule has 0 aliphatic heterocycles. The van der Waals surface area contributed by atoms with Crippen LogP contribution in [0.5, 0.6) is 0 Å². The standard InChI is InChI=1S/C59H34N4OS/c1-2-12-35(13-3-1)36-22-24-38(25-23-36)57-60-58(41-27-31-53-46(33-41)43-18-9-11-21-52(43)65-53)62-59(61-57)45-28-30-49(55-44-19-8-10-20-51(44)64-56(45)55)63-48-29-26-37-14-6-7-17-42(37)54(48)47-32-39-15-4-5-16-40(39)34-50(47)63/h1-34H. The lowest BCUT2D eigenvalue weighted by Gasteiger charge is -2.13. The van der Waals surface area contributed by atoms with E-state index < -0.39 is 0 Å². The number of furan rings is 1. The van der Waals surface area contributed by atoms with Crippen molar-refractivity contribution in [3.05, 3.63) is 206 Å². The summed E-state index contributed by atoms with van der Waals surface area (Å²) < 4.78 is 11.9. The molecule has 0 unspecified atom stereocenters. The molecule has 14 rings (SSSR count). The van der Waals surface area contributed by atoms with Gasteiger partial charge in [-0.05, 0) is 93.3 Å². The summed E-state index contributed by atoms with van der Waals surface area (Å²) in [6.45, 7) is 0. The third kappa shape index (κ3) is 5.61. The Labute approximate surface area is 376 Å². The smallest absolute Gasteiger partial charge is 0.167 e. The van der Waals surface area contributed by atoms with Crippen LogP contribution in [0.4, 0.5) is 0 Å². The summed E-state index contributed by atoms with van der Waals surface area (Å²) >= 11 is 1.80. The van der Waals surface area contributed by atoms with Crippen molar-refractivity contribution in [1.82, 2.24) is 19.5 Å². The van der Waals surface area contributed by atoms with Gasteiger partial charge in [0.25, 0.3) is 0 Å². The van der Waals surface area contributed by atoms with Crippen LogP contribution in [0.3, 0.4) is 0 Å². The van der Waals surface area contributed by atoms with Crippen molar-refractivity contribution >= 4 is 96.8 Å². The summed E-state index contributed by atoms with van der Waals surface area (Å²) in [4.78, 5) is 15.8. The Morgan fingerprint density at radius 2 is 1.00 bits per heavy atom. The lowest BCUT2D eigenvalue weighted by atomic mass is 10.0. The van der Waals surface area contributed by atoms with Crippen molar-refractivity contribution in [3.8, 4) is 51.0 Å². The van der Waals surface area contributed by atoms with E-state index >= 15 is 0 Å². The van der Waals surface area contributed by atoms with Crippen LogP contribution < -0.4 is 0 Å². The van der Waals surface area contributed by atoms with Gasteiger partial charge >= 0.3 is 0 Å². The normalized spacial score (nSPS) is 12.0. The minimum atomic E-state index is 0.544. The number of hydrogen-bond donors (Lipinski definition) is 0. The van der Waals surface area contributed by atoms with E-state index in [-0.39, 0.29) is 0 Å². The number of thiophene rings is 1. The Morgan fingerprint density at radius 3 is 1.85 bits per heavy atom. The van der Waals surface area contributed by atoms with Crippen molar-refractivity contribution < 1.29 is 4.42 Å². The average molecular weight is 847 g/mol. The molecule has 0 radical (unpaired) electrons. The van der Waals surface area contributed by atoms with E-state index in [4.69, 9.17) is 19.4 Å². The van der Waals surface area contributed by atoms with E-state index in [1.807, 2.05) is 12.1 Å². The Hall–Kier alpha value is -8.45. The van der Waals surface area contributed by atoms with Gasteiger partial charge in [-0.2, -0.15) is 0 Å². The number of hydrogen-bond acceptors (Lipinski definition) is 5. The SMILES string of the molecule is c1ccc(-c2ccc(-c3nc(-c4ccc5sc6ccccc6c5c4)nc(-c4ccc(-n5c6cc7ccccc7cc6c6c7ccccc7ccc65)c5c4oc4ccccc45)n3)cc2)cc1. The van der Waals surface area contributed by atoms with Gasteiger partial charge in [0.15, 0.2) is 17.5 Å². The van der Waals surface area contributed by atoms with Crippen molar-refractivity contribution in [2.45, 2.75) is 0 Å². The van der Waals surface area contributed by atoms with Gasteiger partial charge < -0.3 is 8.98 Å². The Morgan fingerprint density at radius 1 is 0.369 bits per heavy atom. The zero-order chi connectivity index (χ0) is 42.6. The quantitative estimate of drug-likeness (QED) is 0.173. The minimum Gasteiger partial charge on any atom is -0.455 e. The summed E-state index contributed by atoms with van der Waals surface area (Å²) in [5, 5.41) is 11.7. The van der Waals surface area contributed by atoms with Crippen LogP contribution in [-0.4, -0.2) is 19.5 Å². The molecule has 0 aliphatic rings. The van der Waals surface area contributed by atoms with Gasteiger partial charge in [-0.25, -0.2) is 15.0 Å². The molecule has 65 heavy (non-hydrogen) atoms. The first kappa shape index (κ1) is 36.1. The van der Waals surface area contributed by atoms with E-state index in [0.717, 1.165) is 66.5 Å². The molecule has 5 nitrogen and oxygen atoms in total. The molecule has 0 saturated heterocycles. The van der Waals surface area contributed by atoms with Gasteiger partial charge in [0.05, 0.1) is 27.7 Å². The van der Waals surface area contributed by atoms with E-state index in [1.54, 1.807) is 11.3 Å². The highest BCUT2D eigenvalue weighted by Crippen LogP contribution is 2.45. The van der Waals surface area contributed by atoms with Crippen molar-refractivity contribution in [1.29, 1.82) is 0 Å². The van der Waals surface area contributed by atoms with Crippen LogP contribution in [0, 0.1) is 0 Å². The molecular weight excluding hydrogens is 813 g/mol. The van der Waals surface area contributed by atoms with Gasteiger partial charge in [-0.3, -0.25) is 0 Å². The van der Waals surface area contributed by atoms with Crippen molar-refractivity contribution in [2.24, 2.45) is 0 Å². The average Bonchev–Trinajstić information content (AvgIpc) is 4.05. The Bertz CT molecular complexity index is 4240. The number of aromatic nitrogens is 4. The third-order valence-electron chi connectivity index (χ3n) is 13.0. The predicted octanol–water partition coefficient (Wildman–Crippen LogP) is 16.2. The first-order valence-corrected chi connectivity index (χ1v) is 22.7. The second kappa shape index (κ2) is 14.0. The molecule has 302 valence electrons. The molecule has 0 spiro atoms. The fourth-order valence-electron chi connectivity index (χ4n) is 9.97. The summed E-state index contributed by atoms with van der Waals surface area (Å²) in [5.74, 6) is 1.74. The molecule has 0 amide bonds. The van der Waals surface area contributed by atoms with E-state index in [2.05, 4.69) is 199 Å². The van der Waals surface area contributed by atoms with Crippen LogP contribution in [0.15, 0.2) is 211 Å². The van der Waals surface area contributed by atoms with Crippen LogP contribution >= 0.6 is 11.3 Å². The summed E-state index contributed by atoms with van der Waals surface area (Å²) in [6.07, 6.45) is 0. The number of fused-ring (bicyclic) bond motifs is 12. The largest absolute Gasteiger partial charge is 0.455 e. The lowest BCUT2D eigenvalue weighted by molar-refractivity contribution is 0.669. The molecule has 0 bridgehead atoms. The molecular formula is C59H34N4OS. The summed E-state index contributed by atoms with van der Waals surface area (Å²) in [5.41, 5.74) is 9.73. The molecule has 0 aliphatic carbocycles.